The van der Waals surface area contributed by atoms with Gasteiger partial charge in [0.15, 0.2) is 0 Å². The molecule has 1 saturated carbocycles. The van der Waals surface area contributed by atoms with E-state index in [1.807, 2.05) is 38.1 Å². The summed E-state index contributed by atoms with van der Waals surface area (Å²) in [6.07, 6.45) is 1.83. The second-order valence-corrected chi connectivity index (χ2v) is 6.07. The maximum atomic E-state index is 12.1. The Morgan fingerprint density at radius 2 is 1.86 bits per heavy atom. The number of carbonyl (C=O) groups excluding carboxylic acids is 1. The fourth-order valence-electron chi connectivity index (χ4n) is 2.74. The van der Waals surface area contributed by atoms with E-state index in [4.69, 9.17) is 9.84 Å². The number of nitrogens with one attached hydrogen (secondary N) is 1. The minimum absolute atomic E-state index is 0.0498. The Kier molecular flexibility index (Phi) is 5.41. The maximum absolute atomic E-state index is 12.1. The van der Waals surface area contributed by atoms with Crippen molar-refractivity contribution in [2.75, 3.05) is 0 Å². The highest BCUT2D eigenvalue weighted by molar-refractivity contribution is 5.80. The Labute approximate surface area is 130 Å². The van der Waals surface area contributed by atoms with Crippen molar-refractivity contribution in [3.63, 3.8) is 0 Å². The predicted molar refractivity (Wildman–Crippen MR) is 82.5 cm³/mol. The molecule has 0 aromatic heterocycles. The molecule has 0 radical (unpaired) electrons. The van der Waals surface area contributed by atoms with Crippen molar-refractivity contribution in [2.45, 2.75) is 45.8 Å². The highest BCUT2D eigenvalue weighted by Gasteiger charge is 2.33. The molecule has 1 fully saturated rings. The Morgan fingerprint density at radius 1 is 1.23 bits per heavy atom. The van der Waals surface area contributed by atoms with Gasteiger partial charge in [-0.25, -0.2) is 0 Å². The SMILES string of the molecule is CC(C)Oc1ccc(CNC(=O)[C@@H]2CC[C@H](C(=O)O)C2)cc1. The standard InChI is InChI=1S/C17H23NO4/c1-11(2)22-15-7-3-12(4-8-15)10-18-16(19)13-5-6-14(9-13)17(20)21/h3-4,7-8,11,13-14H,5-6,9-10H2,1-2H3,(H,18,19)(H,20,21)/t13-,14+/m1/s1. The molecular formula is C17H23NO4. The van der Waals surface area contributed by atoms with Crippen LogP contribution in [0.3, 0.4) is 0 Å². The topological polar surface area (TPSA) is 75.6 Å². The van der Waals surface area contributed by atoms with Crippen LogP contribution in [0.15, 0.2) is 24.3 Å². The molecule has 0 aliphatic heterocycles. The van der Waals surface area contributed by atoms with E-state index < -0.39 is 5.97 Å². The quantitative estimate of drug-likeness (QED) is 0.847. The number of benzene rings is 1. The summed E-state index contributed by atoms with van der Waals surface area (Å²) in [5.74, 6) is -0.583. The molecule has 2 N–H and O–H groups in total. The fraction of sp³-hybridized carbons (Fsp3) is 0.529. The lowest BCUT2D eigenvalue weighted by Crippen LogP contribution is -2.29. The van der Waals surface area contributed by atoms with Crippen LogP contribution in [0.25, 0.3) is 0 Å². The van der Waals surface area contributed by atoms with Crippen LogP contribution in [0.1, 0.15) is 38.7 Å². The van der Waals surface area contributed by atoms with Gasteiger partial charge in [0.1, 0.15) is 5.75 Å². The van der Waals surface area contributed by atoms with Gasteiger partial charge in [0, 0.05) is 12.5 Å². The van der Waals surface area contributed by atoms with Gasteiger partial charge in [-0.3, -0.25) is 9.59 Å². The summed E-state index contributed by atoms with van der Waals surface area (Å²) < 4.78 is 5.57. The molecule has 2 atom stereocenters. The number of amides is 1. The number of hydrogen-bond acceptors (Lipinski definition) is 3. The molecule has 1 aromatic carbocycles. The first-order chi connectivity index (χ1) is 10.5. The number of carboxylic acid groups (broad SMARTS) is 1. The molecule has 0 heterocycles. The minimum Gasteiger partial charge on any atom is -0.491 e. The van der Waals surface area contributed by atoms with Crippen LogP contribution < -0.4 is 10.1 Å². The molecule has 1 aromatic rings. The third-order valence-corrected chi connectivity index (χ3v) is 3.91. The van der Waals surface area contributed by atoms with E-state index in [0.29, 0.717) is 25.8 Å². The molecule has 2 rings (SSSR count). The number of hydrogen-bond donors (Lipinski definition) is 2. The second-order valence-electron chi connectivity index (χ2n) is 6.07. The van der Waals surface area contributed by atoms with Crippen LogP contribution in [0, 0.1) is 11.8 Å². The van der Waals surface area contributed by atoms with Gasteiger partial charge in [-0.1, -0.05) is 12.1 Å². The number of carboxylic acids is 1. The summed E-state index contributed by atoms with van der Waals surface area (Å²) in [6, 6.07) is 7.62. The van der Waals surface area contributed by atoms with Crippen molar-refractivity contribution in [1.82, 2.24) is 5.32 Å². The fourth-order valence-corrected chi connectivity index (χ4v) is 2.74. The molecule has 22 heavy (non-hydrogen) atoms. The first-order valence-corrected chi connectivity index (χ1v) is 7.72. The third kappa shape index (κ3) is 4.48. The summed E-state index contributed by atoms with van der Waals surface area (Å²) in [5, 5.41) is 11.9. The van der Waals surface area contributed by atoms with Crippen LogP contribution >= 0.6 is 0 Å². The lowest BCUT2D eigenvalue weighted by atomic mass is 10.0. The zero-order valence-corrected chi connectivity index (χ0v) is 13.0. The first-order valence-electron chi connectivity index (χ1n) is 7.72. The van der Waals surface area contributed by atoms with Gasteiger partial charge >= 0.3 is 5.97 Å². The van der Waals surface area contributed by atoms with E-state index in [1.165, 1.54) is 0 Å². The summed E-state index contributed by atoms with van der Waals surface area (Å²) >= 11 is 0. The summed E-state index contributed by atoms with van der Waals surface area (Å²) in [7, 11) is 0. The van der Waals surface area contributed by atoms with Crippen LogP contribution in [-0.2, 0) is 16.1 Å². The zero-order valence-electron chi connectivity index (χ0n) is 13.0. The zero-order chi connectivity index (χ0) is 16.1. The van der Waals surface area contributed by atoms with Crippen molar-refractivity contribution in [3.05, 3.63) is 29.8 Å². The summed E-state index contributed by atoms with van der Waals surface area (Å²) in [4.78, 5) is 23.0. The molecule has 5 heteroatoms. The smallest absolute Gasteiger partial charge is 0.306 e. The molecule has 5 nitrogen and oxygen atoms in total. The molecule has 1 aliphatic rings. The van der Waals surface area contributed by atoms with Crippen LogP contribution in [0.5, 0.6) is 5.75 Å². The van der Waals surface area contributed by atoms with E-state index in [2.05, 4.69) is 5.32 Å². The van der Waals surface area contributed by atoms with Gasteiger partial charge in [-0.2, -0.15) is 0 Å². The highest BCUT2D eigenvalue weighted by Crippen LogP contribution is 2.31. The Hall–Kier alpha value is -2.04. The first kappa shape index (κ1) is 16.3. The average Bonchev–Trinajstić information content (AvgIpc) is 2.96. The Balaban J connectivity index is 1.80. The van der Waals surface area contributed by atoms with Crippen molar-refractivity contribution in [3.8, 4) is 5.75 Å². The number of aliphatic carboxylic acids is 1. The summed E-state index contributed by atoms with van der Waals surface area (Å²) in [5.41, 5.74) is 0.997. The monoisotopic (exact) mass is 305 g/mol. The molecule has 1 aliphatic carbocycles. The van der Waals surface area contributed by atoms with Gasteiger partial charge < -0.3 is 15.2 Å². The molecule has 120 valence electrons. The summed E-state index contributed by atoms with van der Waals surface area (Å²) in [6.45, 7) is 4.40. The average molecular weight is 305 g/mol. The molecule has 0 spiro atoms. The van der Waals surface area contributed by atoms with Crippen LogP contribution in [-0.4, -0.2) is 23.1 Å². The lowest BCUT2D eigenvalue weighted by molar-refractivity contribution is -0.141. The van der Waals surface area contributed by atoms with E-state index in [-0.39, 0.29) is 23.8 Å². The van der Waals surface area contributed by atoms with Gasteiger partial charge in [0.2, 0.25) is 5.91 Å². The van der Waals surface area contributed by atoms with E-state index in [0.717, 1.165) is 11.3 Å². The molecular weight excluding hydrogens is 282 g/mol. The van der Waals surface area contributed by atoms with Crippen LogP contribution in [0.2, 0.25) is 0 Å². The predicted octanol–water partition coefficient (Wildman–Crippen LogP) is 2.59. The molecule has 0 bridgehead atoms. The minimum atomic E-state index is -0.795. The van der Waals surface area contributed by atoms with Gasteiger partial charge in [0.25, 0.3) is 0 Å². The van der Waals surface area contributed by atoms with Crippen LogP contribution in [0.4, 0.5) is 0 Å². The molecule has 0 unspecified atom stereocenters. The number of ether oxygens (including phenoxy) is 1. The Bertz CT molecular complexity index is 524. The van der Waals surface area contributed by atoms with Crippen molar-refractivity contribution in [1.29, 1.82) is 0 Å². The van der Waals surface area contributed by atoms with E-state index >= 15 is 0 Å². The van der Waals surface area contributed by atoms with Crippen molar-refractivity contribution < 1.29 is 19.4 Å². The maximum Gasteiger partial charge on any atom is 0.306 e. The molecule has 1 amide bonds. The highest BCUT2D eigenvalue weighted by atomic mass is 16.5. The van der Waals surface area contributed by atoms with Crippen molar-refractivity contribution in [2.24, 2.45) is 11.8 Å². The molecule has 0 saturated heterocycles. The van der Waals surface area contributed by atoms with Gasteiger partial charge in [0.05, 0.1) is 12.0 Å². The van der Waals surface area contributed by atoms with E-state index in [1.54, 1.807) is 0 Å². The van der Waals surface area contributed by atoms with Gasteiger partial charge in [-0.05, 0) is 50.8 Å². The van der Waals surface area contributed by atoms with E-state index in [9.17, 15) is 9.59 Å². The third-order valence-electron chi connectivity index (χ3n) is 3.91. The Morgan fingerprint density at radius 3 is 2.41 bits per heavy atom. The largest absolute Gasteiger partial charge is 0.491 e. The second kappa shape index (κ2) is 7.29. The van der Waals surface area contributed by atoms with Crippen molar-refractivity contribution >= 4 is 11.9 Å². The van der Waals surface area contributed by atoms with Gasteiger partial charge in [-0.15, -0.1) is 0 Å². The lowest BCUT2D eigenvalue weighted by Gasteiger charge is -2.12. The number of carbonyl (C=O) groups is 2. The number of rotatable bonds is 6. The normalized spacial score (nSPS) is 20.9.